The normalized spacial score (nSPS) is 36.2. The molecule has 0 bridgehead atoms. The van der Waals surface area contributed by atoms with Crippen molar-refractivity contribution in [2.45, 2.75) is 45.1 Å². The molecule has 1 rings (SSSR count). The zero-order valence-corrected chi connectivity index (χ0v) is 7.18. The van der Waals surface area contributed by atoms with Crippen LogP contribution in [0.25, 0.3) is 0 Å². The Balaban J connectivity index is 2.85. The Morgan fingerprint density at radius 1 is 1.27 bits per heavy atom. The smallest absolute Gasteiger partial charge is 0.0515 e. The van der Waals surface area contributed by atoms with Gasteiger partial charge >= 0.3 is 0 Å². The Kier molecular flexibility index (Phi) is 1.94. The molecule has 11 heavy (non-hydrogen) atoms. The van der Waals surface area contributed by atoms with Crippen molar-refractivity contribution in [3.63, 3.8) is 0 Å². The van der Waals surface area contributed by atoms with Gasteiger partial charge in [-0.15, -0.1) is 0 Å². The van der Waals surface area contributed by atoms with Gasteiger partial charge in [0, 0.05) is 0 Å². The minimum Gasteiger partial charge on any atom is -0.838 e. The van der Waals surface area contributed by atoms with E-state index in [2.05, 4.69) is 0 Å². The third-order valence-electron chi connectivity index (χ3n) is 2.85. The largest absolute Gasteiger partial charge is 0.838 e. The Bertz CT molecular complexity index is 192. The van der Waals surface area contributed by atoms with Crippen LogP contribution in [0.1, 0.15) is 39.5 Å². The summed E-state index contributed by atoms with van der Waals surface area (Å²) in [4.78, 5) is 0. The van der Waals surface area contributed by atoms with Gasteiger partial charge in [0.1, 0.15) is 0 Å². The van der Waals surface area contributed by atoms with Crippen LogP contribution in [0.5, 0.6) is 0 Å². The molecule has 0 aliphatic heterocycles. The highest BCUT2D eigenvalue weighted by Gasteiger charge is 2.37. The van der Waals surface area contributed by atoms with Gasteiger partial charge in [-0.05, 0) is 23.9 Å². The predicted octanol–water partition coefficient (Wildman–Crippen LogP) is 1.21. The Hall–Kier alpha value is -0.550. The van der Waals surface area contributed by atoms with Gasteiger partial charge in [0.05, 0.1) is 6.07 Å². The SMILES string of the molecule is CC1(C)CCCC[C@@]1([O-])C#N. The topological polar surface area (TPSA) is 46.8 Å². The first-order valence-electron chi connectivity index (χ1n) is 4.13. The van der Waals surface area contributed by atoms with E-state index in [0.717, 1.165) is 19.3 Å². The third kappa shape index (κ3) is 1.25. The van der Waals surface area contributed by atoms with Crippen LogP contribution in [0.2, 0.25) is 0 Å². The fraction of sp³-hybridized carbons (Fsp3) is 0.889. The number of hydrogen-bond donors (Lipinski definition) is 0. The Labute approximate surface area is 67.8 Å². The number of nitrogens with zero attached hydrogens (tertiary/aromatic N) is 1. The van der Waals surface area contributed by atoms with E-state index in [0.29, 0.717) is 6.42 Å². The standard InChI is InChI=1S/C9H14NO/c1-8(2)5-3-4-6-9(8,11)7-10/h3-6H2,1-2H3/q-1/t9-/m1/s1. The molecule has 0 unspecified atom stereocenters. The van der Waals surface area contributed by atoms with E-state index in [4.69, 9.17) is 5.26 Å². The fourth-order valence-electron chi connectivity index (χ4n) is 1.69. The van der Waals surface area contributed by atoms with Crippen LogP contribution in [-0.4, -0.2) is 5.60 Å². The molecule has 2 nitrogen and oxygen atoms in total. The van der Waals surface area contributed by atoms with Gasteiger partial charge in [0.25, 0.3) is 0 Å². The highest BCUT2D eigenvalue weighted by atomic mass is 16.3. The molecule has 0 saturated heterocycles. The van der Waals surface area contributed by atoms with Gasteiger partial charge in [0.15, 0.2) is 0 Å². The summed E-state index contributed by atoms with van der Waals surface area (Å²) in [6.45, 7) is 3.81. The van der Waals surface area contributed by atoms with Crippen molar-refractivity contribution in [1.29, 1.82) is 5.26 Å². The monoisotopic (exact) mass is 152 g/mol. The summed E-state index contributed by atoms with van der Waals surface area (Å²) in [5.41, 5.74) is -1.66. The molecule has 0 aromatic rings. The van der Waals surface area contributed by atoms with Crippen LogP contribution < -0.4 is 5.11 Å². The van der Waals surface area contributed by atoms with Crippen LogP contribution in [0.4, 0.5) is 0 Å². The number of nitriles is 1. The summed E-state index contributed by atoms with van der Waals surface area (Å²) in [6, 6.07) is 1.92. The van der Waals surface area contributed by atoms with Crippen LogP contribution >= 0.6 is 0 Å². The van der Waals surface area contributed by atoms with Gasteiger partial charge < -0.3 is 5.11 Å². The first-order valence-corrected chi connectivity index (χ1v) is 4.13. The van der Waals surface area contributed by atoms with Gasteiger partial charge in [0.2, 0.25) is 0 Å². The maximum atomic E-state index is 11.8. The van der Waals surface area contributed by atoms with Crippen molar-refractivity contribution in [2.75, 3.05) is 0 Å². The van der Waals surface area contributed by atoms with Crippen LogP contribution in [0, 0.1) is 16.7 Å². The van der Waals surface area contributed by atoms with E-state index >= 15 is 0 Å². The minimum atomic E-state index is -1.33. The van der Waals surface area contributed by atoms with Gasteiger partial charge in [-0.1, -0.05) is 26.7 Å². The summed E-state index contributed by atoms with van der Waals surface area (Å²) in [6.07, 6.45) is 3.43. The third-order valence-corrected chi connectivity index (χ3v) is 2.85. The van der Waals surface area contributed by atoms with Crippen molar-refractivity contribution in [3.05, 3.63) is 0 Å². The zero-order valence-electron chi connectivity index (χ0n) is 7.18. The second-order valence-corrected chi connectivity index (χ2v) is 4.03. The fourth-order valence-corrected chi connectivity index (χ4v) is 1.69. The zero-order chi connectivity index (χ0) is 8.54. The van der Waals surface area contributed by atoms with E-state index in [9.17, 15) is 5.11 Å². The molecule has 0 spiro atoms. The Morgan fingerprint density at radius 2 is 1.82 bits per heavy atom. The maximum Gasteiger partial charge on any atom is 0.0515 e. The quantitative estimate of drug-likeness (QED) is 0.523. The number of rotatable bonds is 0. The first-order chi connectivity index (χ1) is 5.02. The highest BCUT2D eigenvalue weighted by molar-refractivity contribution is 5.09. The molecule has 1 aliphatic carbocycles. The molecule has 0 aromatic carbocycles. The van der Waals surface area contributed by atoms with E-state index in [1.807, 2.05) is 19.9 Å². The van der Waals surface area contributed by atoms with Gasteiger partial charge in [-0.2, -0.15) is 5.26 Å². The van der Waals surface area contributed by atoms with Crippen molar-refractivity contribution < 1.29 is 5.11 Å². The van der Waals surface area contributed by atoms with E-state index in [1.54, 1.807) is 0 Å². The van der Waals surface area contributed by atoms with Crippen molar-refractivity contribution in [2.24, 2.45) is 5.41 Å². The average Bonchev–Trinajstić information content (AvgIpc) is 1.95. The molecule has 0 heterocycles. The molecule has 0 aromatic heterocycles. The maximum absolute atomic E-state index is 11.8. The van der Waals surface area contributed by atoms with Crippen LogP contribution in [-0.2, 0) is 0 Å². The average molecular weight is 152 g/mol. The molecule has 0 radical (unpaired) electrons. The summed E-state index contributed by atoms with van der Waals surface area (Å²) in [5, 5.41) is 20.5. The molecular weight excluding hydrogens is 138 g/mol. The molecule has 62 valence electrons. The van der Waals surface area contributed by atoms with Gasteiger partial charge in [-0.25, -0.2) is 0 Å². The van der Waals surface area contributed by atoms with Crippen molar-refractivity contribution >= 4 is 0 Å². The summed E-state index contributed by atoms with van der Waals surface area (Å²) in [7, 11) is 0. The predicted molar refractivity (Wildman–Crippen MR) is 40.6 cm³/mol. The molecule has 0 amide bonds. The summed E-state index contributed by atoms with van der Waals surface area (Å²) < 4.78 is 0. The van der Waals surface area contributed by atoms with Gasteiger partial charge in [-0.3, -0.25) is 0 Å². The van der Waals surface area contributed by atoms with Crippen molar-refractivity contribution in [3.8, 4) is 6.07 Å². The van der Waals surface area contributed by atoms with Crippen LogP contribution in [0.15, 0.2) is 0 Å². The van der Waals surface area contributed by atoms with Crippen molar-refractivity contribution in [1.82, 2.24) is 0 Å². The lowest BCUT2D eigenvalue weighted by atomic mass is 9.66. The molecule has 1 saturated carbocycles. The molecule has 1 aliphatic rings. The lowest BCUT2D eigenvalue weighted by Crippen LogP contribution is -2.56. The molecular formula is C9H14NO-. The molecule has 2 heteroatoms. The minimum absolute atomic E-state index is 0.333. The second-order valence-electron chi connectivity index (χ2n) is 4.03. The van der Waals surface area contributed by atoms with E-state index in [-0.39, 0.29) is 5.41 Å². The second kappa shape index (κ2) is 2.49. The van der Waals surface area contributed by atoms with Crippen LogP contribution in [0.3, 0.4) is 0 Å². The van der Waals surface area contributed by atoms with E-state index in [1.165, 1.54) is 0 Å². The summed E-state index contributed by atoms with van der Waals surface area (Å²) >= 11 is 0. The number of hydrogen-bond acceptors (Lipinski definition) is 2. The molecule has 1 atom stereocenters. The lowest BCUT2D eigenvalue weighted by Gasteiger charge is -2.51. The lowest BCUT2D eigenvalue weighted by molar-refractivity contribution is -0.488. The molecule has 1 fully saturated rings. The highest BCUT2D eigenvalue weighted by Crippen LogP contribution is 2.41. The Morgan fingerprint density at radius 3 is 2.18 bits per heavy atom. The van der Waals surface area contributed by atoms with E-state index < -0.39 is 5.60 Å². The first kappa shape index (κ1) is 8.55. The summed E-state index contributed by atoms with van der Waals surface area (Å²) in [5.74, 6) is 0. The molecule has 0 N–H and O–H groups in total.